The molecule has 2 N–H and O–H groups in total. The molecule has 0 saturated carbocycles. The first-order valence-corrected chi connectivity index (χ1v) is 5.76. The lowest BCUT2D eigenvalue weighted by Gasteiger charge is -2.11. The van der Waals surface area contributed by atoms with Crippen molar-refractivity contribution < 1.29 is 23.1 Å². The molecule has 9 heteroatoms. The first kappa shape index (κ1) is 14.8. The van der Waals surface area contributed by atoms with Crippen LogP contribution >= 0.6 is 0 Å². The first-order chi connectivity index (χ1) is 9.69. The molecule has 0 unspecified atom stereocenters. The molecule has 0 amide bonds. The normalized spacial score (nSPS) is 11.8. The fourth-order valence-corrected chi connectivity index (χ4v) is 1.87. The summed E-state index contributed by atoms with van der Waals surface area (Å²) in [5, 5.41) is 8.84. The number of alkyl halides is 3. The average molecular weight is 302 g/mol. The predicted molar refractivity (Wildman–Crippen MR) is 66.5 cm³/mol. The Hall–Kier alpha value is -2.58. The van der Waals surface area contributed by atoms with Crippen LogP contribution in [-0.4, -0.2) is 26.8 Å². The van der Waals surface area contributed by atoms with Gasteiger partial charge in [0.05, 0.1) is 23.0 Å². The summed E-state index contributed by atoms with van der Waals surface area (Å²) < 4.78 is 37.5. The van der Waals surface area contributed by atoms with E-state index >= 15 is 0 Å². The van der Waals surface area contributed by atoms with Gasteiger partial charge >= 0.3 is 23.3 Å². The van der Waals surface area contributed by atoms with Gasteiger partial charge in [-0.15, -0.1) is 0 Å². The highest BCUT2D eigenvalue weighted by atomic mass is 19.4. The van der Waals surface area contributed by atoms with Crippen LogP contribution in [0.5, 0.6) is 0 Å². The van der Waals surface area contributed by atoms with Crippen molar-refractivity contribution >= 4 is 17.0 Å². The monoisotopic (exact) mass is 302 g/mol. The number of halogens is 3. The third-order valence-electron chi connectivity index (χ3n) is 2.84. The van der Waals surface area contributed by atoms with Crippen LogP contribution in [0.2, 0.25) is 0 Å². The Labute approximate surface area is 114 Å². The second-order valence-corrected chi connectivity index (χ2v) is 4.31. The summed E-state index contributed by atoms with van der Waals surface area (Å²) in [5.41, 5.74) is -2.35. The van der Waals surface area contributed by atoms with Gasteiger partial charge in [-0.25, -0.2) is 4.79 Å². The van der Waals surface area contributed by atoms with E-state index in [2.05, 4.69) is 4.98 Å². The van der Waals surface area contributed by atoms with Gasteiger partial charge in [0.25, 0.3) is 0 Å². The second-order valence-electron chi connectivity index (χ2n) is 4.31. The van der Waals surface area contributed by atoms with Crippen LogP contribution < -0.4 is 11.1 Å². The van der Waals surface area contributed by atoms with Crippen molar-refractivity contribution in [2.75, 3.05) is 0 Å². The molecule has 1 aromatic heterocycles. The van der Waals surface area contributed by atoms with Crippen LogP contribution in [0.15, 0.2) is 27.8 Å². The molecule has 0 bridgehead atoms. The smallest absolute Gasteiger partial charge is 0.390 e. The van der Waals surface area contributed by atoms with E-state index in [1.807, 2.05) is 0 Å². The highest BCUT2D eigenvalue weighted by Gasteiger charge is 2.27. The third kappa shape index (κ3) is 3.12. The standard InChI is InChI=1S/C12H9F3N2O4/c13-12(14,15)3-4-17-8-2-1-6(11(20)21)5-7(8)16-9(18)10(17)19/h1-2,5H,3-4H2,(H,16,18)(H,20,21). The SMILES string of the molecule is O=C(O)c1ccc2c(c1)[nH]c(=O)c(=O)n2CCC(F)(F)F. The zero-order valence-electron chi connectivity index (χ0n) is 10.4. The number of carboxylic acids is 1. The lowest BCUT2D eigenvalue weighted by atomic mass is 10.2. The number of nitrogens with zero attached hydrogens (tertiary/aromatic N) is 1. The first-order valence-electron chi connectivity index (χ1n) is 5.76. The predicted octanol–water partition coefficient (Wildman–Crippen LogP) is 1.34. The van der Waals surface area contributed by atoms with E-state index in [4.69, 9.17) is 5.11 Å². The van der Waals surface area contributed by atoms with Crippen LogP contribution in [0.25, 0.3) is 11.0 Å². The summed E-state index contributed by atoms with van der Waals surface area (Å²) in [5.74, 6) is -1.26. The Bertz CT molecular complexity index is 820. The quantitative estimate of drug-likeness (QED) is 0.837. The number of fused-ring (bicyclic) bond motifs is 1. The Balaban J connectivity index is 2.63. The fraction of sp³-hybridized carbons (Fsp3) is 0.250. The Morgan fingerprint density at radius 2 is 1.95 bits per heavy atom. The van der Waals surface area contributed by atoms with Crippen molar-refractivity contribution in [3.05, 3.63) is 44.5 Å². The zero-order chi connectivity index (χ0) is 15.8. The van der Waals surface area contributed by atoms with E-state index in [9.17, 15) is 27.6 Å². The number of hydrogen-bond donors (Lipinski definition) is 2. The van der Waals surface area contributed by atoms with E-state index in [0.717, 1.165) is 12.1 Å². The molecular weight excluding hydrogens is 293 g/mol. The number of aromatic carboxylic acids is 1. The van der Waals surface area contributed by atoms with Crippen LogP contribution in [0.4, 0.5) is 13.2 Å². The molecular formula is C12H9F3N2O4. The van der Waals surface area contributed by atoms with Crippen LogP contribution in [0.1, 0.15) is 16.8 Å². The Morgan fingerprint density at radius 3 is 2.52 bits per heavy atom. The molecule has 21 heavy (non-hydrogen) atoms. The molecule has 0 aliphatic rings. The van der Waals surface area contributed by atoms with Gasteiger partial charge in [0.1, 0.15) is 0 Å². The van der Waals surface area contributed by atoms with E-state index in [1.54, 1.807) is 0 Å². The minimum atomic E-state index is -4.48. The third-order valence-corrected chi connectivity index (χ3v) is 2.84. The Morgan fingerprint density at radius 1 is 1.29 bits per heavy atom. The number of aryl methyl sites for hydroxylation is 1. The van der Waals surface area contributed by atoms with Crippen molar-refractivity contribution in [3.63, 3.8) is 0 Å². The summed E-state index contributed by atoms with van der Waals surface area (Å²) in [6.07, 6.45) is -5.75. The maximum atomic E-state index is 12.3. The van der Waals surface area contributed by atoms with Crippen LogP contribution in [0, 0.1) is 0 Å². The number of hydrogen-bond acceptors (Lipinski definition) is 3. The van der Waals surface area contributed by atoms with E-state index in [-0.39, 0.29) is 16.6 Å². The number of carbonyl (C=O) groups is 1. The van der Waals surface area contributed by atoms with Gasteiger partial charge in [-0.2, -0.15) is 13.2 Å². The zero-order valence-corrected chi connectivity index (χ0v) is 10.4. The van der Waals surface area contributed by atoms with E-state index in [1.165, 1.54) is 6.07 Å². The van der Waals surface area contributed by atoms with Crippen molar-refractivity contribution in [3.8, 4) is 0 Å². The molecule has 2 aromatic rings. The lowest BCUT2D eigenvalue weighted by molar-refractivity contribution is -0.136. The molecule has 0 aliphatic carbocycles. The molecule has 112 valence electrons. The highest BCUT2D eigenvalue weighted by Crippen LogP contribution is 2.21. The lowest BCUT2D eigenvalue weighted by Crippen LogP contribution is -2.37. The van der Waals surface area contributed by atoms with Crippen LogP contribution in [-0.2, 0) is 6.54 Å². The van der Waals surface area contributed by atoms with Gasteiger partial charge in [-0.3, -0.25) is 9.59 Å². The second kappa shape index (κ2) is 5.08. The summed E-state index contributed by atoms with van der Waals surface area (Å²) in [7, 11) is 0. The summed E-state index contributed by atoms with van der Waals surface area (Å²) in [4.78, 5) is 36.1. The molecule has 0 radical (unpaired) electrons. The molecule has 1 aromatic carbocycles. The number of H-pyrrole nitrogens is 1. The van der Waals surface area contributed by atoms with Crippen molar-refractivity contribution in [2.24, 2.45) is 0 Å². The van der Waals surface area contributed by atoms with Gasteiger partial charge in [-0.1, -0.05) is 0 Å². The minimum Gasteiger partial charge on any atom is -0.478 e. The summed E-state index contributed by atoms with van der Waals surface area (Å²) in [6, 6.07) is 3.42. The van der Waals surface area contributed by atoms with Crippen molar-refractivity contribution in [2.45, 2.75) is 19.1 Å². The number of carboxylic acid groups (broad SMARTS) is 1. The van der Waals surface area contributed by atoms with Gasteiger partial charge in [0.2, 0.25) is 0 Å². The largest absolute Gasteiger partial charge is 0.478 e. The van der Waals surface area contributed by atoms with E-state index in [0.29, 0.717) is 4.57 Å². The molecule has 1 heterocycles. The topological polar surface area (TPSA) is 92.2 Å². The fourth-order valence-electron chi connectivity index (χ4n) is 1.87. The van der Waals surface area contributed by atoms with Gasteiger partial charge in [-0.05, 0) is 18.2 Å². The van der Waals surface area contributed by atoms with E-state index < -0.39 is 36.2 Å². The van der Waals surface area contributed by atoms with Gasteiger partial charge < -0.3 is 14.7 Å². The number of nitrogens with one attached hydrogen (secondary N) is 1. The van der Waals surface area contributed by atoms with Gasteiger partial charge in [0, 0.05) is 6.54 Å². The molecule has 0 saturated heterocycles. The summed E-state index contributed by atoms with van der Waals surface area (Å²) >= 11 is 0. The Kier molecular flexibility index (Phi) is 3.58. The van der Waals surface area contributed by atoms with Gasteiger partial charge in [0.15, 0.2) is 0 Å². The van der Waals surface area contributed by atoms with Crippen molar-refractivity contribution in [1.29, 1.82) is 0 Å². The molecule has 0 atom stereocenters. The molecule has 0 fully saturated rings. The van der Waals surface area contributed by atoms with Crippen LogP contribution in [0.3, 0.4) is 0 Å². The molecule has 2 rings (SSSR count). The number of aromatic nitrogens is 2. The average Bonchev–Trinajstić information content (AvgIpc) is 2.37. The highest BCUT2D eigenvalue weighted by molar-refractivity contribution is 5.92. The molecule has 0 spiro atoms. The molecule has 0 aliphatic heterocycles. The number of aromatic amines is 1. The number of benzene rings is 1. The summed E-state index contributed by atoms with van der Waals surface area (Å²) in [6.45, 7) is -0.713. The van der Waals surface area contributed by atoms with Crippen molar-refractivity contribution in [1.82, 2.24) is 9.55 Å². The molecule has 6 nitrogen and oxygen atoms in total. The minimum absolute atomic E-state index is 0.0123. The maximum Gasteiger partial charge on any atom is 0.390 e. The number of rotatable bonds is 3. The maximum absolute atomic E-state index is 12.3.